The molecule has 1 aromatic carbocycles. The fourth-order valence-corrected chi connectivity index (χ4v) is 1.52. The molecule has 0 bridgehead atoms. The molecule has 14 heavy (non-hydrogen) atoms. The van der Waals surface area contributed by atoms with E-state index in [4.69, 9.17) is 17.3 Å². The van der Waals surface area contributed by atoms with Gasteiger partial charge in [0, 0.05) is 11.6 Å². The van der Waals surface area contributed by atoms with Crippen molar-refractivity contribution in [1.82, 2.24) is 0 Å². The molecule has 0 aliphatic rings. The quantitative estimate of drug-likeness (QED) is 0.803. The van der Waals surface area contributed by atoms with Crippen LogP contribution in [-0.2, 0) is 5.60 Å². The molecule has 0 saturated heterocycles. The summed E-state index contributed by atoms with van der Waals surface area (Å²) < 4.78 is 0. The molecule has 1 radical (unpaired) electrons. The molecule has 3 heteroatoms. The van der Waals surface area contributed by atoms with Crippen LogP contribution in [0.25, 0.3) is 0 Å². The average Bonchev–Trinajstić information content (AvgIpc) is 2.19. The molecule has 2 nitrogen and oxygen atoms in total. The van der Waals surface area contributed by atoms with Crippen molar-refractivity contribution in [2.75, 3.05) is 6.54 Å². The van der Waals surface area contributed by atoms with Crippen LogP contribution in [0.4, 0.5) is 0 Å². The van der Waals surface area contributed by atoms with E-state index in [1.165, 1.54) is 0 Å². The fraction of sp³-hybridized carbons (Fsp3) is 0.364. The van der Waals surface area contributed by atoms with E-state index in [9.17, 15) is 5.11 Å². The lowest BCUT2D eigenvalue weighted by Crippen LogP contribution is -2.35. The first kappa shape index (κ1) is 11.5. The number of aliphatic hydroxyl groups is 1. The van der Waals surface area contributed by atoms with Gasteiger partial charge >= 0.3 is 0 Å². The van der Waals surface area contributed by atoms with E-state index in [-0.39, 0.29) is 6.54 Å². The second-order valence-electron chi connectivity index (χ2n) is 3.25. The lowest BCUT2D eigenvalue weighted by Gasteiger charge is -2.26. The van der Waals surface area contributed by atoms with Crippen LogP contribution in [0.1, 0.15) is 18.9 Å². The Labute approximate surface area is 89.7 Å². The lowest BCUT2D eigenvalue weighted by atomic mass is 9.89. The highest BCUT2D eigenvalue weighted by Crippen LogP contribution is 2.25. The molecular weight excluding hydrogens is 198 g/mol. The van der Waals surface area contributed by atoms with Gasteiger partial charge in [0.1, 0.15) is 5.60 Å². The minimum absolute atomic E-state index is 0.183. The Morgan fingerprint density at radius 3 is 2.43 bits per heavy atom. The van der Waals surface area contributed by atoms with E-state index in [1.807, 2.05) is 6.92 Å². The molecule has 0 heterocycles. The first-order valence-electron chi connectivity index (χ1n) is 4.65. The largest absolute Gasteiger partial charge is 0.384 e. The summed E-state index contributed by atoms with van der Waals surface area (Å²) in [6.45, 7) is 2.15. The second-order valence-corrected chi connectivity index (χ2v) is 3.68. The van der Waals surface area contributed by atoms with Crippen molar-refractivity contribution >= 4 is 11.6 Å². The summed E-state index contributed by atoms with van der Waals surface area (Å²) in [5, 5.41) is 10.8. The molecule has 0 aliphatic carbocycles. The molecule has 0 amide bonds. The Morgan fingerprint density at radius 1 is 1.43 bits per heavy atom. The van der Waals surface area contributed by atoms with Crippen molar-refractivity contribution in [3.63, 3.8) is 0 Å². The van der Waals surface area contributed by atoms with E-state index in [0.29, 0.717) is 5.02 Å². The molecule has 1 atom stereocenters. The molecule has 1 rings (SSSR count). The number of benzene rings is 1. The molecule has 77 valence electrons. The third-order valence-corrected chi connectivity index (χ3v) is 2.45. The molecule has 0 fully saturated rings. The van der Waals surface area contributed by atoms with Gasteiger partial charge in [0.25, 0.3) is 0 Å². The molecule has 0 aromatic heterocycles. The van der Waals surface area contributed by atoms with E-state index in [0.717, 1.165) is 12.0 Å². The van der Waals surface area contributed by atoms with Crippen LogP contribution in [0, 0.1) is 6.42 Å². The summed E-state index contributed by atoms with van der Waals surface area (Å²) in [5.41, 5.74) is 5.30. The normalized spacial score (nSPS) is 15.1. The predicted molar refractivity (Wildman–Crippen MR) is 59.0 cm³/mol. The van der Waals surface area contributed by atoms with Gasteiger partial charge in [-0.15, -0.1) is 0 Å². The minimum atomic E-state index is -1.03. The van der Waals surface area contributed by atoms with Crippen LogP contribution in [0.5, 0.6) is 0 Å². The highest BCUT2D eigenvalue weighted by Gasteiger charge is 2.26. The maximum absolute atomic E-state index is 10.2. The third kappa shape index (κ3) is 2.47. The molecule has 1 aromatic rings. The van der Waals surface area contributed by atoms with Crippen molar-refractivity contribution in [2.45, 2.75) is 18.9 Å². The molecule has 1 unspecified atom stereocenters. The molecule has 0 spiro atoms. The Morgan fingerprint density at radius 2 is 2.00 bits per heavy atom. The second kappa shape index (κ2) is 4.78. The number of rotatable bonds is 4. The lowest BCUT2D eigenvalue weighted by molar-refractivity contribution is 0.0781. The average molecular weight is 213 g/mol. The van der Waals surface area contributed by atoms with Crippen molar-refractivity contribution in [1.29, 1.82) is 0 Å². The number of hydrogen-bond donors (Lipinski definition) is 2. The summed E-state index contributed by atoms with van der Waals surface area (Å²) >= 11 is 5.76. The SMILES string of the molecule is CC[CH]C(O)(CN)c1ccc(Cl)cc1. The van der Waals surface area contributed by atoms with Gasteiger partial charge in [-0.05, 0) is 30.5 Å². The summed E-state index contributed by atoms with van der Waals surface area (Å²) in [6, 6.07) is 7.09. The standard InChI is InChI=1S/C11H15ClNO/c1-2-7-11(14,8-13)9-3-5-10(12)6-4-9/h3-7,14H,2,8,13H2,1H3. The van der Waals surface area contributed by atoms with Gasteiger partial charge in [-0.2, -0.15) is 0 Å². The predicted octanol–water partition coefficient (Wildman–Crippen LogP) is 2.10. The number of nitrogens with two attached hydrogens (primary N) is 1. The Bertz CT molecular complexity index is 286. The highest BCUT2D eigenvalue weighted by molar-refractivity contribution is 6.30. The van der Waals surface area contributed by atoms with Crippen LogP contribution in [0.2, 0.25) is 5.02 Å². The minimum Gasteiger partial charge on any atom is -0.384 e. The Kier molecular flexibility index (Phi) is 3.93. The van der Waals surface area contributed by atoms with E-state index < -0.39 is 5.60 Å². The van der Waals surface area contributed by atoms with Crippen LogP contribution in [0.3, 0.4) is 0 Å². The summed E-state index contributed by atoms with van der Waals surface area (Å²) in [5.74, 6) is 0. The van der Waals surface area contributed by atoms with Gasteiger partial charge < -0.3 is 10.8 Å². The monoisotopic (exact) mass is 212 g/mol. The zero-order valence-electron chi connectivity index (χ0n) is 8.20. The zero-order chi connectivity index (χ0) is 10.6. The van der Waals surface area contributed by atoms with Gasteiger partial charge in [0.2, 0.25) is 0 Å². The fourth-order valence-electron chi connectivity index (χ4n) is 1.40. The van der Waals surface area contributed by atoms with Gasteiger partial charge in [0.05, 0.1) is 0 Å². The first-order valence-corrected chi connectivity index (χ1v) is 5.03. The van der Waals surface area contributed by atoms with E-state index in [1.54, 1.807) is 30.7 Å². The molecule has 3 N–H and O–H groups in total. The van der Waals surface area contributed by atoms with Crippen LogP contribution < -0.4 is 5.73 Å². The summed E-state index contributed by atoms with van der Waals surface area (Å²) in [4.78, 5) is 0. The molecular formula is C11H15ClNO. The van der Waals surface area contributed by atoms with E-state index in [2.05, 4.69) is 0 Å². The van der Waals surface area contributed by atoms with Gasteiger partial charge in [0.15, 0.2) is 0 Å². The van der Waals surface area contributed by atoms with Crippen molar-refractivity contribution in [2.24, 2.45) is 5.73 Å². The smallest absolute Gasteiger partial charge is 0.105 e. The first-order chi connectivity index (χ1) is 6.62. The summed E-state index contributed by atoms with van der Waals surface area (Å²) in [6.07, 6.45) is 2.58. The van der Waals surface area contributed by atoms with Crippen molar-refractivity contribution in [3.05, 3.63) is 41.3 Å². The Hall–Kier alpha value is -0.570. The van der Waals surface area contributed by atoms with Crippen LogP contribution in [-0.4, -0.2) is 11.7 Å². The molecule has 0 saturated carbocycles. The number of halogens is 1. The van der Waals surface area contributed by atoms with Crippen LogP contribution >= 0.6 is 11.6 Å². The zero-order valence-corrected chi connectivity index (χ0v) is 8.96. The van der Waals surface area contributed by atoms with Crippen LogP contribution in [0.15, 0.2) is 24.3 Å². The van der Waals surface area contributed by atoms with E-state index >= 15 is 0 Å². The van der Waals surface area contributed by atoms with Crippen molar-refractivity contribution < 1.29 is 5.11 Å². The van der Waals surface area contributed by atoms with Gasteiger partial charge in [-0.1, -0.05) is 30.7 Å². The third-order valence-electron chi connectivity index (χ3n) is 2.20. The Balaban J connectivity index is 2.94. The topological polar surface area (TPSA) is 46.2 Å². The maximum atomic E-state index is 10.2. The number of hydrogen-bond acceptors (Lipinski definition) is 2. The maximum Gasteiger partial charge on any atom is 0.105 e. The highest BCUT2D eigenvalue weighted by atomic mass is 35.5. The van der Waals surface area contributed by atoms with Crippen molar-refractivity contribution in [3.8, 4) is 0 Å². The van der Waals surface area contributed by atoms with Gasteiger partial charge in [-0.25, -0.2) is 0 Å². The molecule has 0 aliphatic heterocycles. The summed E-state index contributed by atoms with van der Waals surface area (Å²) in [7, 11) is 0. The van der Waals surface area contributed by atoms with Gasteiger partial charge in [-0.3, -0.25) is 0 Å².